The molecule has 2 aromatic rings. The molecule has 0 spiro atoms. The zero-order valence-electron chi connectivity index (χ0n) is 12.7. The van der Waals surface area contributed by atoms with Gasteiger partial charge in [-0.25, -0.2) is 14.8 Å². The van der Waals surface area contributed by atoms with Crippen LogP contribution in [-0.4, -0.2) is 46.0 Å². The van der Waals surface area contributed by atoms with Crippen molar-refractivity contribution >= 4 is 34.3 Å². The third-order valence-electron chi connectivity index (χ3n) is 2.54. The lowest BCUT2D eigenvalue weighted by molar-refractivity contribution is -0.142. The summed E-state index contributed by atoms with van der Waals surface area (Å²) in [6.45, 7) is 1.53. The lowest BCUT2D eigenvalue weighted by Gasteiger charge is -2.03. The van der Waals surface area contributed by atoms with E-state index in [1.807, 2.05) is 0 Å². The maximum atomic E-state index is 11.7. The fraction of sp³-hybridized carbons (Fsp3) is 0.286. The molecule has 0 unspecified atom stereocenters. The van der Waals surface area contributed by atoms with Gasteiger partial charge in [0, 0.05) is 17.8 Å². The average molecular weight is 350 g/mol. The number of carbonyl (C=O) groups excluding carboxylic acids is 3. The molecule has 0 saturated carbocycles. The SMILES string of the molecule is CCOC(=O)Cc1csc(NC(=O)COC(=O)c2cnccn2)n1. The van der Waals surface area contributed by atoms with Crippen LogP contribution in [0.5, 0.6) is 0 Å². The van der Waals surface area contributed by atoms with Gasteiger partial charge in [0.25, 0.3) is 5.91 Å². The minimum atomic E-state index is -0.750. The molecule has 126 valence electrons. The van der Waals surface area contributed by atoms with E-state index in [-0.39, 0.29) is 12.1 Å². The number of thiazole rings is 1. The zero-order chi connectivity index (χ0) is 17.4. The highest BCUT2D eigenvalue weighted by atomic mass is 32.1. The number of anilines is 1. The standard InChI is InChI=1S/C14H14N4O5S/c1-2-22-12(20)5-9-8-24-14(17-9)18-11(19)7-23-13(21)10-6-15-3-4-16-10/h3-4,6,8H,2,5,7H2,1H3,(H,17,18,19). The summed E-state index contributed by atoms with van der Waals surface area (Å²) in [5, 5.41) is 4.42. The highest BCUT2D eigenvalue weighted by Crippen LogP contribution is 2.16. The van der Waals surface area contributed by atoms with Gasteiger partial charge in [0.05, 0.1) is 24.9 Å². The van der Waals surface area contributed by atoms with Gasteiger partial charge in [-0.1, -0.05) is 0 Å². The smallest absolute Gasteiger partial charge is 0.359 e. The molecule has 0 saturated heterocycles. The minimum absolute atomic E-state index is 0.0104. The van der Waals surface area contributed by atoms with Crippen molar-refractivity contribution in [1.82, 2.24) is 15.0 Å². The fourth-order valence-electron chi connectivity index (χ4n) is 1.57. The van der Waals surface area contributed by atoms with E-state index >= 15 is 0 Å². The van der Waals surface area contributed by atoms with Gasteiger partial charge >= 0.3 is 11.9 Å². The van der Waals surface area contributed by atoms with Gasteiger partial charge in [-0.3, -0.25) is 19.9 Å². The van der Waals surface area contributed by atoms with Crippen LogP contribution >= 0.6 is 11.3 Å². The van der Waals surface area contributed by atoms with Gasteiger partial charge in [-0.2, -0.15) is 0 Å². The maximum Gasteiger partial charge on any atom is 0.359 e. The minimum Gasteiger partial charge on any atom is -0.466 e. The second-order valence-corrected chi connectivity index (χ2v) is 5.20. The van der Waals surface area contributed by atoms with Crippen LogP contribution < -0.4 is 5.32 Å². The Morgan fingerprint density at radius 1 is 1.25 bits per heavy atom. The van der Waals surface area contributed by atoms with Crippen molar-refractivity contribution in [2.75, 3.05) is 18.5 Å². The Bertz CT molecular complexity index is 719. The summed E-state index contributed by atoms with van der Waals surface area (Å²) < 4.78 is 9.63. The zero-order valence-corrected chi connectivity index (χ0v) is 13.5. The van der Waals surface area contributed by atoms with Crippen LogP contribution in [0.15, 0.2) is 24.0 Å². The van der Waals surface area contributed by atoms with Gasteiger partial charge in [0.2, 0.25) is 0 Å². The summed E-state index contributed by atoms with van der Waals surface area (Å²) in [7, 11) is 0. The number of nitrogens with zero attached hydrogens (tertiary/aromatic N) is 3. The van der Waals surface area contributed by atoms with Gasteiger partial charge in [0.1, 0.15) is 0 Å². The third-order valence-corrected chi connectivity index (χ3v) is 3.34. The number of aromatic nitrogens is 3. The van der Waals surface area contributed by atoms with Crippen LogP contribution in [0.2, 0.25) is 0 Å². The van der Waals surface area contributed by atoms with Gasteiger partial charge in [0.15, 0.2) is 17.4 Å². The number of rotatable bonds is 7. The van der Waals surface area contributed by atoms with Crippen LogP contribution in [0.1, 0.15) is 23.1 Å². The molecule has 1 N–H and O–H groups in total. The third kappa shape index (κ3) is 5.39. The summed E-state index contributed by atoms with van der Waals surface area (Å²) in [6.07, 6.45) is 4.03. The van der Waals surface area contributed by atoms with Crippen LogP contribution in [0.4, 0.5) is 5.13 Å². The number of nitrogens with one attached hydrogen (secondary N) is 1. The molecule has 0 aromatic carbocycles. The Hall–Kier alpha value is -2.88. The highest BCUT2D eigenvalue weighted by Gasteiger charge is 2.13. The Labute approximate surface area is 141 Å². The van der Waals surface area contributed by atoms with E-state index in [0.717, 1.165) is 11.3 Å². The predicted octanol–water partition coefficient (Wildman–Crippen LogP) is 0.834. The number of esters is 2. The van der Waals surface area contributed by atoms with E-state index in [2.05, 4.69) is 20.3 Å². The largest absolute Gasteiger partial charge is 0.466 e. The molecule has 0 radical (unpaired) electrons. The second kappa shape index (κ2) is 8.67. The Kier molecular flexibility index (Phi) is 6.32. The molecule has 2 aromatic heterocycles. The lowest BCUT2D eigenvalue weighted by atomic mass is 10.3. The summed E-state index contributed by atoms with van der Waals surface area (Å²) >= 11 is 1.15. The van der Waals surface area contributed by atoms with Crippen molar-refractivity contribution < 1.29 is 23.9 Å². The molecule has 0 aliphatic heterocycles. The van der Waals surface area contributed by atoms with Crippen LogP contribution in [0.25, 0.3) is 0 Å². The predicted molar refractivity (Wildman–Crippen MR) is 83.4 cm³/mol. The molecule has 2 heterocycles. The quantitative estimate of drug-likeness (QED) is 0.729. The number of hydrogen-bond donors (Lipinski definition) is 1. The van der Waals surface area contributed by atoms with Crippen molar-refractivity contribution in [2.45, 2.75) is 13.3 Å². The fourth-order valence-corrected chi connectivity index (χ4v) is 2.30. The topological polar surface area (TPSA) is 120 Å². The molecule has 9 nitrogen and oxygen atoms in total. The van der Waals surface area contributed by atoms with Crippen LogP contribution in [0.3, 0.4) is 0 Å². The van der Waals surface area contributed by atoms with E-state index < -0.39 is 24.5 Å². The van der Waals surface area contributed by atoms with E-state index in [1.165, 1.54) is 18.6 Å². The highest BCUT2D eigenvalue weighted by molar-refractivity contribution is 7.13. The molecular weight excluding hydrogens is 336 g/mol. The number of carbonyl (C=O) groups is 3. The van der Waals surface area contributed by atoms with Crippen molar-refractivity contribution in [1.29, 1.82) is 0 Å². The van der Waals surface area contributed by atoms with E-state index in [0.29, 0.717) is 17.4 Å². The van der Waals surface area contributed by atoms with E-state index in [9.17, 15) is 14.4 Å². The van der Waals surface area contributed by atoms with Crippen molar-refractivity contribution in [3.8, 4) is 0 Å². The van der Waals surface area contributed by atoms with Gasteiger partial charge < -0.3 is 9.47 Å². The van der Waals surface area contributed by atoms with Gasteiger partial charge in [-0.05, 0) is 6.92 Å². The second-order valence-electron chi connectivity index (χ2n) is 4.34. The maximum absolute atomic E-state index is 11.7. The molecule has 0 aliphatic rings. The van der Waals surface area contributed by atoms with Crippen molar-refractivity contribution in [2.24, 2.45) is 0 Å². The number of amides is 1. The Morgan fingerprint density at radius 3 is 2.79 bits per heavy atom. The normalized spacial score (nSPS) is 10.0. The average Bonchev–Trinajstić information content (AvgIpc) is 3.00. The molecule has 2 rings (SSSR count). The molecule has 1 amide bonds. The molecule has 0 fully saturated rings. The summed E-state index contributed by atoms with van der Waals surface area (Å²) in [5.74, 6) is -1.69. The summed E-state index contributed by atoms with van der Waals surface area (Å²) in [5.41, 5.74) is 0.501. The van der Waals surface area contributed by atoms with Crippen molar-refractivity contribution in [3.05, 3.63) is 35.4 Å². The molecule has 0 aliphatic carbocycles. The first kappa shape index (κ1) is 17.5. The molecule has 0 atom stereocenters. The van der Waals surface area contributed by atoms with Gasteiger partial charge in [-0.15, -0.1) is 11.3 Å². The lowest BCUT2D eigenvalue weighted by Crippen LogP contribution is -2.21. The first-order chi connectivity index (χ1) is 11.6. The Balaban J connectivity index is 1.79. The van der Waals surface area contributed by atoms with Crippen LogP contribution in [0, 0.1) is 0 Å². The summed E-state index contributed by atoms with van der Waals surface area (Å²) in [6, 6.07) is 0. The van der Waals surface area contributed by atoms with E-state index in [1.54, 1.807) is 12.3 Å². The van der Waals surface area contributed by atoms with Crippen molar-refractivity contribution in [3.63, 3.8) is 0 Å². The van der Waals surface area contributed by atoms with E-state index in [4.69, 9.17) is 9.47 Å². The first-order valence-electron chi connectivity index (χ1n) is 6.91. The van der Waals surface area contributed by atoms with Crippen LogP contribution in [-0.2, 0) is 25.5 Å². The first-order valence-corrected chi connectivity index (χ1v) is 7.79. The molecule has 0 bridgehead atoms. The number of ether oxygens (including phenoxy) is 2. The Morgan fingerprint density at radius 2 is 2.08 bits per heavy atom. The molecule has 24 heavy (non-hydrogen) atoms. The number of hydrogen-bond acceptors (Lipinski definition) is 9. The molecule has 10 heteroatoms. The summed E-state index contributed by atoms with van der Waals surface area (Å²) in [4.78, 5) is 46.3. The molecular formula is C14H14N4O5S. The monoisotopic (exact) mass is 350 g/mol.